The van der Waals surface area contributed by atoms with Gasteiger partial charge in [0.2, 0.25) is 5.91 Å². The highest BCUT2D eigenvalue weighted by Crippen LogP contribution is 2.07. The second-order valence-electron chi connectivity index (χ2n) is 3.44. The molecule has 14 heavy (non-hydrogen) atoms. The zero-order valence-electron chi connectivity index (χ0n) is 8.50. The van der Waals surface area contributed by atoms with Crippen LogP contribution >= 0.6 is 0 Å². The molecular formula is C9H16N2O3. The van der Waals surface area contributed by atoms with Crippen molar-refractivity contribution in [3.05, 3.63) is 0 Å². The summed E-state index contributed by atoms with van der Waals surface area (Å²) in [6.45, 7) is 3.18. The minimum Gasteiger partial charge on any atom is -0.467 e. The Kier molecular flexibility index (Phi) is 3.88. The summed E-state index contributed by atoms with van der Waals surface area (Å²) in [5, 5.41) is 5.71. The molecule has 1 saturated heterocycles. The predicted octanol–water partition coefficient (Wildman–Crippen LogP) is -0.726. The quantitative estimate of drug-likeness (QED) is 0.590. The molecule has 1 heterocycles. The Bertz CT molecular complexity index is 224. The molecule has 5 heteroatoms. The van der Waals surface area contributed by atoms with Gasteiger partial charge < -0.3 is 15.4 Å². The summed E-state index contributed by atoms with van der Waals surface area (Å²) in [6, 6.07) is -0.562. The summed E-state index contributed by atoms with van der Waals surface area (Å²) >= 11 is 0. The van der Waals surface area contributed by atoms with Crippen LogP contribution < -0.4 is 10.6 Å². The van der Waals surface area contributed by atoms with Gasteiger partial charge in [-0.25, -0.2) is 4.79 Å². The number of rotatable bonds is 3. The van der Waals surface area contributed by atoms with Crippen molar-refractivity contribution >= 4 is 11.9 Å². The minimum absolute atomic E-state index is 0.0119. The number of hydrogen-bond acceptors (Lipinski definition) is 4. The summed E-state index contributed by atoms with van der Waals surface area (Å²) in [6.07, 6.45) is 0.833. The van der Waals surface area contributed by atoms with Gasteiger partial charge in [0.05, 0.1) is 13.0 Å². The van der Waals surface area contributed by atoms with Crippen molar-refractivity contribution in [1.82, 2.24) is 10.6 Å². The lowest BCUT2D eigenvalue weighted by Crippen LogP contribution is -2.42. The smallest absolute Gasteiger partial charge is 0.328 e. The van der Waals surface area contributed by atoms with Crippen molar-refractivity contribution in [2.75, 3.05) is 20.2 Å². The molecule has 0 unspecified atom stereocenters. The van der Waals surface area contributed by atoms with Gasteiger partial charge >= 0.3 is 5.97 Å². The maximum Gasteiger partial charge on any atom is 0.328 e. The minimum atomic E-state index is -0.562. The van der Waals surface area contributed by atoms with E-state index in [1.54, 1.807) is 6.92 Å². The van der Waals surface area contributed by atoms with Gasteiger partial charge in [-0.05, 0) is 19.9 Å². The van der Waals surface area contributed by atoms with Crippen LogP contribution in [0, 0.1) is 5.92 Å². The van der Waals surface area contributed by atoms with Crippen molar-refractivity contribution in [3.63, 3.8) is 0 Å². The van der Waals surface area contributed by atoms with Crippen LogP contribution in [0.15, 0.2) is 0 Å². The normalized spacial score (nSPS) is 22.9. The van der Waals surface area contributed by atoms with Gasteiger partial charge in [-0.15, -0.1) is 0 Å². The highest BCUT2D eigenvalue weighted by atomic mass is 16.5. The van der Waals surface area contributed by atoms with E-state index in [1.165, 1.54) is 7.11 Å². The van der Waals surface area contributed by atoms with E-state index in [0.717, 1.165) is 13.0 Å². The van der Waals surface area contributed by atoms with Crippen LogP contribution in [0.5, 0.6) is 0 Å². The SMILES string of the molecule is COC(=O)[C@@H](C)NC(=O)[C@@H]1CCNC1. The van der Waals surface area contributed by atoms with Crippen molar-refractivity contribution in [2.24, 2.45) is 5.92 Å². The molecule has 0 radical (unpaired) electrons. The summed E-state index contributed by atoms with van der Waals surface area (Å²) in [4.78, 5) is 22.5. The van der Waals surface area contributed by atoms with Gasteiger partial charge in [0.1, 0.15) is 6.04 Å². The zero-order valence-corrected chi connectivity index (χ0v) is 8.50. The topological polar surface area (TPSA) is 67.4 Å². The van der Waals surface area contributed by atoms with Crippen LogP contribution in [-0.4, -0.2) is 38.1 Å². The Hall–Kier alpha value is -1.10. The van der Waals surface area contributed by atoms with Gasteiger partial charge in [0.25, 0.3) is 0 Å². The third-order valence-electron chi connectivity index (χ3n) is 2.34. The second-order valence-corrected chi connectivity index (χ2v) is 3.44. The zero-order chi connectivity index (χ0) is 10.6. The molecule has 0 aromatic carbocycles. The molecule has 1 amide bonds. The molecule has 1 aliphatic heterocycles. The van der Waals surface area contributed by atoms with Crippen LogP contribution in [0.1, 0.15) is 13.3 Å². The van der Waals surface area contributed by atoms with Crippen LogP contribution in [0.4, 0.5) is 0 Å². The first-order valence-electron chi connectivity index (χ1n) is 4.74. The second kappa shape index (κ2) is 4.95. The molecular weight excluding hydrogens is 184 g/mol. The molecule has 0 aromatic heterocycles. The number of amides is 1. The maximum atomic E-state index is 11.5. The van der Waals surface area contributed by atoms with E-state index in [2.05, 4.69) is 15.4 Å². The summed E-state index contributed by atoms with van der Waals surface area (Å²) in [5.74, 6) is -0.501. The molecule has 2 N–H and O–H groups in total. The lowest BCUT2D eigenvalue weighted by atomic mass is 10.1. The Morgan fingerprint density at radius 3 is 2.79 bits per heavy atom. The van der Waals surface area contributed by atoms with E-state index < -0.39 is 12.0 Å². The molecule has 1 aliphatic rings. The molecule has 0 bridgehead atoms. The predicted molar refractivity (Wildman–Crippen MR) is 50.6 cm³/mol. The highest BCUT2D eigenvalue weighted by molar-refractivity contribution is 5.85. The van der Waals surface area contributed by atoms with E-state index in [1.807, 2.05) is 0 Å². The van der Waals surface area contributed by atoms with E-state index in [4.69, 9.17) is 0 Å². The van der Waals surface area contributed by atoms with E-state index >= 15 is 0 Å². The average molecular weight is 200 g/mol. The van der Waals surface area contributed by atoms with Gasteiger partial charge in [-0.3, -0.25) is 4.79 Å². The molecule has 0 saturated carbocycles. The summed E-state index contributed by atoms with van der Waals surface area (Å²) < 4.78 is 4.51. The lowest BCUT2D eigenvalue weighted by Gasteiger charge is -2.14. The van der Waals surface area contributed by atoms with E-state index in [-0.39, 0.29) is 11.8 Å². The third-order valence-corrected chi connectivity index (χ3v) is 2.34. The summed E-state index contributed by atoms with van der Waals surface area (Å²) in [7, 11) is 1.31. The van der Waals surface area contributed by atoms with E-state index in [9.17, 15) is 9.59 Å². The van der Waals surface area contributed by atoms with Crippen molar-refractivity contribution < 1.29 is 14.3 Å². The Morgan fingerprint density at radius 2 is 2.29 bits per heavy atom. The van der Waals surface area contributed by atoms with Gasteiger partial charge in [-0.2, -0.15) is 0 Å². The molecule has 1 rings (SSSR count). The molecule has 0 aromatic rings. The fourth-order valence-electron chi connectivity index (χ4n) is 1.45. The number of methoxy groups -OCH3 is 1. The summed E-state index contributed by atoms with van der Waals surface area (Å²) in [5.41, 5.74) is 0. The van der Waals surface area contributed by atoms with Gasteiger partial charge in [-0.1, -0.05) is 0 Å². The number of esters is 1. The molecule has 0 aliphatic carbocycles. The fraction of sp³-hybridized carbons (Fsp3) is 0.778. The monoisotopic (exact) mass is 200 g/mol. The molecule has 2 atom stereocenters. The largest absolute Gasteiger partial charge is 0.467 e. The molecule has 5 nitrogen and oxygen atoms in total. The standard InChI is InChI=1S/C9H16N2O3/c1-6(9(13)14-2)11-8(12)7-3-4-10-5-7/h6-7,10H,3-5H2,1-2H3,(H,11,12)/t6-,7-/m1/s1. The van der Waals surface area contributed by atoms with Crippen LogP contribution in [0.25, 0.3) is 0 Å². The lowest BCUT2D eigenvalue weighted by molar-refractivity contribution is -0.144. The molecule has 80 valence electrons. The van der Waals surface area contributed by atoms with Gasteiger partial charge in [0, 0.05) is 6.54 Å². The average Bonchev–Trinajstić information content (AvgIpc) is 2.69. The fourth-order valence-corrected chi connectivity index (χ4v) is 1.45. The van der Waals surface area contributed by atoms with Crippen molar-refractivity contribution in [2.45, 2.75) is 19.4 Å². The number of hydrogen-bond donors (Lipinski definition) is 2. The maximum absolute atomic E-state index is 11.5. The Labute approximate surface area is 83.2 Å². The number of carbonyl (C=O) groups is 2. The van der Waals surface area contributed by atoms with Crippen LogP contribution in [0.3, 0.4) is 0 Å². The number of carbonyl (C=O) groups excluding carboxylic acids is 2. The number of ether oxygens (including phenoxy) is 1. The Morgan fingerprint density at radius 1 is 1.57 bits per heavy atom. The first kappa shape index (κ1) is 11.0. The highest BCUT2D eigenvalue weighted by Gasteiger charge is 2.25. The third kappa shape index (κ3) is 2.70. The van der Waals surface area contributed by atoms with Gasteiger partial charge in [0.15, 0.2) is 0 Å². The number of nitrogens with one attached hydrogen (secondary N) is 2. The van der Waals surface area contributed by atoms with Crippen molar-refractivity contribution in [3.8, 4) is 0 Å². The van der Waals surface area contributed by atoms with Crippen molar-refractivity contribution in [1.29, 1.82) is 0 Å². The first-order valence-corrected chi connectivity index (χ1v) is 4.74. The van der Waals surface area contributed by atoms with Crippen LogP contribution in [0.2, 0.25) is 0 Å². The van der Waals surface area contributed by atoms with E-state index in [0.29, 0.717) is 6.54 Å². The molecule has 0 spiro atoms. The van der Waals surface area contributed by atoms with Crippen LogP contribution in [-0.2, 0) is 14.3 Å². The first-order chi connectivity index (χ1) is 6.65. The Balaban J connectivity index is 2.35. The molecule has 1 fully saturated rings.